The molecule has 0 heterocycles. The number of aryl methyl sites for hydroxylation is 1. The Balaban J connectivity index is 1.89. The van der Waals surface area contributed by atoms with Gasteiger partial charge in [-0.15, -0.1) is 0 Å². The minimum absolute atomic E-state index is 0.0458. The van der Waals surface area contributed by atoms with Crippen LogP contribution in [0.1, 0.15) is 21.5 Å². The van der Waals surface area contributed by atoms with Crippen molar-refractivity contribution in [3.8, 4) is 0 Å². The molecule has 0 unspecified atom stereocenters. The van der Waals surface area contributed by atoms with Gasteiger partial charge in [0.25, 0.3) is 5.91 Å². The zero-order valence-corrected chi connectivity index (χ0v) is 13.3. The summed E-state index contributed by atoms with van der Waals surface area (Å²) in [5, 5.41) is 0.911. The third kappa shape index (κ3) is 4.48. The highest BCUT2D eigenvalue weighted by molar-refractivity contribution is 6.35. The molecule has 0 aliphatic heterocycles. The van der Waals surface area contributed by atoms with Crippen molar-refractivity contribution < 1.29 is 9.59 Å². The molecule has 0 aliphatic carbocycles. The van der Waals surface area contributed by atoms with Gasteiger partial charge in [0, 0.05) is 15.6 Å². The molecule has 0 bridgehead atoms. The maximum atomic E-state index is 11.9. The lowest BCUT2D eigenvalue weighted by molar-refractivity contribution is -0.121. The fourth-order valence-electron chi connectivity index (χ4n) is 1.79. The summed E-state index contributed by atoms with van der Waals surface area (Å²) in [6.45, 7) is 1.93. The quantitative estimate of drug-likeness (QED) is 0.845. The summed E-state index contributed by atoms with van der Waals surface area (Å²) in [4.78, 5) is 23.7. The van der Waals surface area contributed by atoms with E-state index < -0.39 is 0 Å². The van der Waals surface area contributed by atoms with Gasteiger partial charge in [-0.2, -0.15) is 0 Å². The summed E-state index contributed by atoms with van der Waals surface area (Å²) in [7, 11) is 0. The number of rotatable bonds is 3. The lowest BCUT2D eigenvalue weighted by Crippen LogP contribution is -2.42. The second-order valence-corrected chi connectivity index (χ2v) is 5.62. The predicted octanol–water partition coefficient (Wildman–Crippen LogP) is 3.31. The maximum absolute atomic E-state index is 11.9. The van der Waals surface area contributed by atoms with Crippen molar-refractivity contribution in [2.24, 2.45) is 0 Å². The monoisotopic (exact) mass is 336 g/mol. The van der Waals surface area contributed by atoms with Crippen LogP contribution in [0.5, 0.6) is 0 Å². The molecule has 114 valence electrons. The van der Waals surface area contributed by atoms with E-state index in [1.807, 2.05) is 19.1 Å². The summed E-state index contributed by atoms with van der Waals surface area (Å²) in [5.41, 5.74) is 6.87. The highest BCUT2D eigenvalue weighted by Crippen LogP contribution is 2.21. The molecule has 0 fully saturated rings. The lowest BCUT2D eigenvalue weighted by atomic mass is 10.1. The Morgan fingerprint density at radius 2 is 1.68 bits per heavy atom. The molecule has 0 saturated carbocycles. The van der Waals surface area contributed by atoms with Crippen LogP contribution in [0.4, 0.5) is 0 Å². The van der Waals surface area contributed by atoms with Gasteiger partial charge in [0.05, 0.1) is 6.42 Å². The molecular formula is C16H14Cl2N2O2. The predicted molar refractivity (Wildman–Crippen MR) is 87.0 cm³/mol. The number of hydrazine groups is 1. The van der Waals surface area contributed by atoms with Crippen LogP contribution >= 0.6 is 23.2 Å². The number of carbonyl (C=O) groups excluding carboxylic acids is 2. The first-order valence-electron chi connectivity index (χ1n) is 6.55. The summed E-state index contributed by atoms with van der Waals surface area (Å²) in [6, 6.07) is 11.9. The standard InChI is InChI=1S/C16H14Cl2N2O2/c1-10-2-4-11(5-3-10)16(22)20-19-15(21)8-12-6-7-13(17)9-14(12)18/h2-7,9H,8H2,1H3,(H,19,21)(H,20,22). The van der Waals surface area contributed by atoms with Gasteiger partial charge in [-0.3, -0.25) is 20.4 Å². The molecule has 6 heteroatoms. The lowest BCUT2D eigenvalue weighted by Gasteiger charge is -2.08. The van der Waals surface area contributed by atoms with E-state index in [1.165, 1.54) is 0 Å². The van der Waals surface area contributed by atoms with Crippen LogP contribution in [0, 0.1) is 6.92 Å². The normalized spacial score (nSPS) is 10.1. The first-order valence-corrected chi connectivity index (χ1v) is 7.31. The number of halogens is 2. The van der Waals surface area contributed by atoms with Gasteiger partial charge >= 0.3 is 0 Å². The van der Waals surface area contributed by atoms with E-state index in [0.717, 1.165) is 5.56 Å². The fourth-order valence-corrected chi connectivity index (χ4v) is 2.26. The van der Waals surface area contributed by atoms with E-state index in [0.29, 0.717) is 21.2 Å². The van der Waals surface area contributed by atoms with E-state index in [4.69, 9.17) is 23.2 Å². The molecule has 0 saturated heterocycles. The molecule has 22 heavy (non-hydrogen) atoms. The Morgan fingerprint density at radius 3 is 2.32 bits per heavy atom. The van der Waals surface area contributed by atoms with Crippen molar-refractivity contribution in [2.75, 3.05) is 0 Å². The SMILES string of the molecule is Cc1ccc(C(=O)NNC(=O)Cc2ccc(Cl)cc2Cl)cc1. The third-order valence-corrected chi connectivity index (χ3v) is 3.58. The van der Waals surface area contributed by atoms with Gasteiger partial charge < -0.3 is 0 Å². The van der Waals surface area contributed by atoms with Crippen LogP contribution < -0.4 is 10.9 Å². The minimum atomic E-state index is -0.379. The highest BCUT2D eigenvalue weighted by Gasteiger charge is 2.10. The van der Waals surface area contributed by atoms with Gasteiger partial charge in [-0.25, -0.2) is 0 Å². The molecule has 2 aromatic carbocycles. The Bertz CT molecular complexity index is 700. The van der Waals surface area contributed by atoms with E-state index in [9.17, 15) is 9.59 Å². The number of carbonyl (C=O) groups is 2. The number of amides is 2. The van der Waals surface area contributed by atoms with Crippen molar-refractivity contribution in [3.63, 3.8) is 0 Å². The number of hydrogen-bond acceptors (Lipinski definition) is 2. The first-order chi connectivity index (χ1) is 10.5. The maximum Gasteiger partial charge on any atom is 0.269 e. The van der Waals surface area contributed by atoms with Gasteiger partial charge in [-0.05, 0) is 36.8 Å². The average molecular weight is 337 g/mol. The third-order valence-electron chi connectivity index (χ3n) is 3.00. The molecule has 0 atom stereocenters. The van der Waals surface area contributed by atoms with Crippen molar-refractivity contribution in [3.05, 3.63) is 69.2 Å². The Morgan fingerprint density at radius 1 is 1.00 bits per heavy atom. The average Bonchev–Trinajstić information content (AvgIpc) is 2.48. The molecule has 2 aromatic rings. The van der Waals surface area contributed by atoms with Crippen LogP contribution in [-0.2, 0) is 11.2 Å². The van der Waals surface area contributed by atoms with Crippen molar-refractivity contribution >= 4 is 35.0 Å². The van der Waals surface area contributed by atoms with Gasteiger partial charge in [0.1, 0.15) is 0 Å². The van der Waals surface area contributed by atoms with E-state index in [2.05, 4.69) is 10.9 Å². The molecule has 0 radical (unpaired) electrons. The second-order valence-electron chi connectivity index (χ2n) is 4.78. The van der Waals surface area contributed by atoms with Crippen molar-refractivity contribution in [2.45, 2.75) is 13.3 Å². The molecule has 2 N–H and O–H groups in total. The van der Waals surface area contributed by atoms with E-state index >= 15 is 0 Å². The van der Waals surface area contributed by atoms with Crippen molar-refractivity contribution in [1.29, 1.82) is 0 Å². The smallest absolute Gasteiger partial charge is 0.269 e. The molecule has 4 nitrogen and oxygen atoms in total. The van der Waals surface area contributed by atoms with E-state index in [1.54, 1.807) is 30.3 Å². The minimum Gasteiger partial charge on any atom is -0.273 e. The summed E-state index contributed by atoms with van der Waals surface area (Å²) < 4.78 is 0. The molecule has 2 amide bonds. The van der Waals surface area contributed by atoms with Crippen LogP contribution in [0.2, 0.25) is 10.0 Å². The van der Waals surface area contributed by atoms with Crippen LogP contribution in [0.25, 0.3) is 0 Å². The zero-order chi connectivity index (χ0) is 16.1. The number of benzene rings is 2. The second kappa shape index (κ2) is 7.29. The van der Waals surface area contributed by atoms with Gasteiger partial charge in [0.15, 0.2) is 0 Å². The van der Waals surface area contributed by atoms with Crippen LogP contribution in [0.15, 0.2) is 42.5 Å². The summed E-state index contributed by atoms with van der Waals surface area (Å²) in [5.74, 6) is -0.750. The van der Waals surface area contributed by atoms with Crippen LogP contribution in [0.3, 0.4) is 0 Å². The Labute approximate surface area is 138 Å². The molecule has 0 spiro atoms. The molecule has 0 aromatic heterocycles. The topological polar surface area (TPSA) is 58.2 Å². The van der Waals surface area contributed by atoms with Crippen molar-refractivity contribution in [1.82, 2.24) is 10.9 Å². The molecule has 2 rings (SSSR count). The van der Waals surface area contributed by atoms with Gasteiger partial charge in [0.2, 0.25) is 5.91 Å². The number of hydrogen-bond donors (Lipinski definition) is 2. The summed E-state index contributed by atoms with van der Waals surface area (Å²) >= 11 is 11.8. The number of nitrogens with one attached hydrogen (secondary N) is 2. The van der Waals surface area contributed by atoms with E-state index in [-0.39, 0.29) is 18.2 Å². The zero-order valence-electron chi connectivity index (χ0n) is 11.8. The molecule has 0 aliphatic rings. The first kappa shape index (κ1) is 16.3. The summed E-state index contributed by atoms with van der Waals surface area (Å²) in [6.07, 6.45) is 0.0458. The Hall–Kier alpha value is -2.04. The fraction of sp³-hybridized carbons (Fsp3) is 0.125. The largest absolute Gasteiger partial charge is 0.273 e. The van der Waals surface area contributed by atoms with Gasteiger partial charge in [-0.1, -0.05) is 47.0 Å². The molecular weight excluding hydrogens is 323 g/mol. The highest BCUT2D eigenvalue weighted by atomic mass is 35.5. The van der Waals surface area contributed by atoms with Crippen LogP contribution in [-0.4, -0.2) is 11.8 Å². The Kier molecular flexibility index (Phi) is 5.41.